The molecule has 0 N–H and O–H groups in total. The maximum atomic E-state index is 12.6. The monoisotopic (exact) mass is 478 g/mol. The molecule has 9 nitrogen and oxygen atoms in total. The SMILES string of the molecule is Br.COc1ccccc1N1CCN(CCn2cnc3c2c(=O)n(C)c(=O)n3C)CC1. The summed E-state index contributed by atoms with van der Waals surface area (Å²) in [5.41, 5.74) is 1.36. The molecule has 0 saturated carbocycles. The summed E-state index contributed by atoms with van der Waals surface area (Å²) in [6.07, 6.45) is 1.65. The third-order valence-corrected chi connectivity index (χ3v) is 5.67. The molecule has 1 aromatic carbocycles. The number of aryl methyl sites for hydroxylation is 1. The van der Waals surface area contributed by atoms with Crippen molar-refractivity contribution >= 4 is 33.8 Å². The van der Waals surface area contributed by atoms with Crippen LogP contribution in [0.1, 0.15) is 0 Å². The standard InChI is InChI=1S/C20H26N6O3.BrH/c1-22-18-17(19(27)23(2)20(22)28)26(14-21-18)13-10-24-8-11-25(12-9-24)15-6-4-5-7-16(15)29-3;/h4-7,14H,8-13H2,1-3H3;1H. The van der Waals surface area contributed by atoms with Gasteiger partial charge >= 0.3 is 5.69 Å². The van der Waals surface area contributed by atoms with Crippen molar-refractivity contribution in [2.24, 2.45) is 14.1 Å². The minimum Gasteiger partial charge on any atom is -0.495 e. The van der Waals surface area contributed by atoms with Gasteiger partial charge in [0.25, 0.3) is 5.56 Å². The molecule has 0 atom stereocenters. The number of para-hydroxylation sites is 2. The quantitative estimate of drug-likeness (QED) is 0.540. The van der Waals surface area contributed by atoms with E-state index in [4.69, 9.17) is 4.74 Å². The number of hydrogen-bond donors (Lipinski definition) is 0. The second kappa shape index (κ2) is 9.05. The van der Waals surface area contributed by atoms with Gasteiger partial charge < -0.3 is 14.2 Å². The van der Waals surface area contributed by atoms with Gasteiger partial charge in [0.15, 0.2) is 11.2 Å². The average Bonchev–Trinajstić information content (AvgIpc) is 3.19. The number of rotatable bonds is 5. The number of halogens is 1. The zero-order chi connectivity index (χ0) is 20.5. The van der Waals surface area contributed by atoms with Crippen molar-refractivity contribution in [3.63, 3.8) is 0 Å². The Labute approximate surface area is 184 Å². The first-order chi connectivity index (χ1) is 14.0. The lowest BCUT2D eigenvalue weighted by Crippen LogP contribution is -2.47. The number of nitrogens with zero attached hydrogens (tertiary/aromatic N) is 6. The number of aromatic nitrogens is 4. The van der Waals surface area contributed by atoms with E-state index < -0.39 is 0 Å². The summed E-state index contributed by atoms with van der Waals surface area (Å²) in [7, 11) is 4.83. The number of ether oxygens (including phenoxy) is 1. The first-order valence-corrected chi connectivity index (χ1v) is 9.72. The Balaban J connectivity index is 0.00000256. The smallest absolute Gasteiger partial charge is 0.332 e. The van der Waals surface area contributed by atoms with Gasteiger partial charge in [0.1, 0.15) is 5.75 Å². The molecule has 0 spiro atoms. The Kier molecular flexibility index (Phi) is 6.67. The van der Waals surface area contributed by atoms with Crippen LogP contribution in [0.15, 0.2) is 40.2 Å². The summed E-state index contributed by atoms with van der Waals surface area (Å²) in [5.74, 6) is 0.896. The molecule has 30 heavy (non-hydrogen) atoms. The Hall–Kier alpha value is -2.59. The van der Waals surface area contributed by atoms with Crippen LogP contribution in [0.25, 0.3) is 11.2 Å². The Morgan fingerprint density at radius 3 is 2.40 bits per heavy atom. The number of imidazole rings is 1. The van der Waals surface area contributed by atoms with Crippen molar-refractivity contribution in [2.75, 3.05) is 44.7 Å². The molecular weight excluding hydrogens is 452 g/mol. The number of benzene rings is 1. The van der Waals surface area contributed by atoms with Gasteiger partial charge in [-0.15, -0.1) is 17.0 Å². The summed E-state index contributed by atoms with van der Waals surface area (Å²) in [6.45, 7) is 5.17. The minimum atomic E-state index is -0.361. The molecule has 0 aliphatic carbocycles. The lowest BCUT2D eigenvalue weighted by Gasteiger charge is -2.36. The average molecular weight is 479 g/mol. The molecule has 0 amide bonds. The van der Waals surface area contributed by atoms with Gasteiger partial charge in [-0.1, -0.05) is 12.1 Å². The molecule has 1 saturated heterocycles. The molecule has 162 valence electrons. The third-order valence-electron chi connectivity index (χ3n) is 5.67. The van der Waals surface area contributed by atoms with Gasteiger partial charge in [0, 0.05) is 53.4 Å². The van der Waals surface area contributed by atoms with Gasteiger partial charge in [0.05, 0.1) is 19.1 Å². The van der Waals surface area contributed by atoms with Crippen LogP contribution in [0.2, 0.25) is 0 Å². The molecule has 0 radical (unpaired) electrons. The van der Waals surface area contributed by atoms with Crippen LogP contribution in [-0.2, 0) is 20.6 Å². The fraction of sp³-hybridized carbons (Fsp3) is 0.450. The van der Waals surface area contributed by atoms with Gasteiger partial charge in [-0.25, -0.2) is 9.78 Å². The normalized spacial score (nSPS) is 14.7. The van der Waals surface area contributed by atoms with Crippen molar-refractivity contribution in [3.8, 4) is 5.75 Å². The van der Waals surface area contributed by atoms with Gasteiger partial charge in [-0.05, 0) is 12.1 Å². The second-order valence-electron chi connectivity index (χ2n) is 7.32. The largest absolute Gasteiger partial charge is 0.495 e. The number of piperazine rings is 1. The molecule has 0 unspecified atom stereocenters. The van der Waals surface area contributed by atoms with E-state index in [-0.39, 0.29) is 28.2 Å². The summed E-state index contributed by atoms with van der Waals surface area (Å²) in [4.78, 5) is 33.6. The van der Waals surface area contributed by atoms with Crippen LogP contribution >= 0.6 is 17.0 Å². The zero-order valence-corrected chi connectivity index (χ0v) is 19.2. The van der Waals surface area contributed by atoms with E-state index in [1.165, 1.54) is 11.6 Å². The maximum Gasteiger partial charge on any atom is 0.332 e. The van der Waals surface area contributed by atoms with E-state index in [0.717, 1.165) is 48.7 Å². The van der Waals surface area contributed by atoms with E-state index in [1.54, 1.807) is 20.5 Å². The van der Waals surface area contributed by atoms with Crippen molar-refractivity contribution in [1.29, 1.82) is 0 Å². The topological polar surface area (TPSA) is 77.5 Å². The molecule has 3 heterocycles. The molecule has 1 aliphatic rings. The highest BCUT2D eigenvalue weighted by atomic mass is 79.9. The van der Waals surface area contributed by atoms with Crippen LogP contribution in [0.3, 0.4) is 0 Å². The maximum absolute atomic E-state index is 12.6. The highest BCUT2D eigenvalue weighted by molar-refractivity contribution is 8.93. The second-order valence-corrected chi connectivity index (χ2v) is 7.32. The fourth-order valence-electron chi connectivity index (χ4n) is 3.92. The third kappa shape index (κ3) is 3.89. The minimum absolute atomic E-state index is 0. The van der Waals surface area contributed by atoms with Crippen LogP contribution in [0.4, 0.5) is 5.69 Å². The summed E-state index contributed by atoms with van der Waals surface area (Å²) < 4.78 is 9.88. The van der Waals surface area contributed by atoms with E-state index in [1.807, 2.05) is 22.8 Å². The van der Waals surface area contributed by atoms with Crippen LogP contribution in [0, 0.1) is 0 Å². The van der Waals surface area contributed by atoms with Crippen LogP contribution in [0.5, 0.6) is 5.75 Å². The zero-order valence-electron chi connectivity index (χ0n) is 17.4. The number of fused-ring (bicyclic) bond motifs is 1. The van der Waals surface area contributed by atoms with Gasteiger partial charge in [-0.3, -0.25) is 18.8 Å². The predicted molar refractivity (Wildman–Crippen MR) is 122 cm³/mol. The van der Waals surface area contributed by atoms with Crippen molar-refractivity contribution in [2.45, 2.75) is 6.54 Å². The van der Waals surface area contributed by atoms with Gasteiger partial charge in [-0.2, -0.15) is 0 Å². The van der Waals surface area contributed by atoms with E-state index >= 15 is 0 Å². The Bertz CT molecular complexity index is 1140. The summed E-state index contributed by atoms with van der Waals surface area (Å²) in [6, 6.07) is 8.09. The van der Waals surface area contributed by atoms with Crippen molar-refractivity contribution in [1.82, 2.24) is 23.6 Å². The lowest BCUT2D eigenvalue weighted by molar-refractivity contribution is 0.248. The predicted octanol–water partition coefficient (Wildman–Crippen LogP) is 0.842. The molecule has 2 aromatic heterocycles. The first-order valence-electron chi connectivity index (χ1n) is 9.72. The molecular formula is C20H27BrN6O3. The van der Waals surface area contributed by atoms with E-state index in [0.29, 0.717) is 17.7 Å². The number of anilines is 1. The molecule has 1 aliphatic heterocycles. The van der Waals surface area contributed by atoms with Crippen molar-refractivity contribution in [3.05, 3.63) is 51.4 Å². The highest BCUT2D eigenvalue weighted by Crippen LogP contribution is 2.28. The van der Waals surface area contributed by atoms with E-state index in [2.05, 4.69) is 20.9 Å². The Morgan fingerprint density at radius 2 is 1.70 bits per heavy atom. The molecule has 0 bridgehead atoms. The summed E-state index contributed by atoms with van der Waals surface area (Å²) in [5, 5.41) is 0. The summed E-state index contributed by atoms with van der Waals surface area (Å²) >= 11 is 0. The van der Waals surface area contributed by atoms with Gasteiger partial charge in [0.2, 0.25) is 0 Å². The Morgan fingerprint density at radius 1 is 1.00 bits per heavy atom. The van der Waals surface area contributed by atoms with Crippen molar-refractivity contribution < 1.29 is 4.74 Å². The van der Waals surface area contributed by atoms with Crippen LogP contribution < -0.4 is 20.9 Å². The number of methoxy groups -OCH3 is 1. The molecule has 1 fully saturated rings. The molecule has 10 heteroatoms. The lowest BCUT2D eigenvalue weighted by atomic mass is 10.2. The fourth-order valence-corrected chi connectivity index (χ4v) is 3.92. The molecule has 3 aromatic rings. The molecule has 4 rings (SSSR count). The highest BCUT2D eigenvalue weighted by Gasteiger charge is 2.20. The number of hydrogen-bond acceptors (Lipinski definition) is 6. The van der Waals surface area contributed by atoms with E-state index in [9.17, 15) is 9.59 Å². The van der Waals surface area contributed by atoms with Crippen LogP contribution in [-0.4, -0.2) is 63.4 Å². The first kappa shape index (κ1) is 22.1.